The number of ether oxygens (including phenoxy) is 2. The number of fused-ring (bicyclic) bond motifs is 1. The Balaban J connectivity index is 1.22. The van der Waals surface area contributed by atoms with Gasteiger partial charge in [0, 0.05) is 49.4 Å². The van der Waals surface area contributed by atoms with Crippen LogP contribution < -0.4 is 19.7 Å². The second kappa shape index (κ2) is 14.4. The second-order valence-corrected chi connectivity index (χ2v) is 14.5. The number of carbonyl (C=O) groups excluding carboxylic acids is 2. The molecule has 3 aliphatic rings. The van der Waals surface area contributed by atoms with Crippen LogP contribution >= 0.6 is 0 Å². The Morgan fingerprint density at radius 3 is 2.10 bits per heavy atom. The molecule has 52 heavy (non-hydrogen) atoms. The third-order valence-corrected chi connectivity index (χ3v) is 10.4. The summed E-state index contributed by atoms with van der Waals surface area (Å²) in [4.78, 5) is 34.9. The Morgan fingerprint density at radius 1 is 0.846 bits per heavy atom. The minimum absolute atomic E-state index is 0.0104. The number of methoxy groups -OCH3 is 2. The van der Waals surface area contributed by atoms with Crippen molar-refractivity contribution in [3.05, 3.63) is 131 Å². The van der Waals surface area contributed by atoms with Gasteiger partial charge in [0.05, 0.1) is 44.2 Å². The molecule has 4 aromatic rings. The highest BCUT2D eigenvalue weighted by atomic mass is 19.1. The Morgan fingerprint density at radius 2 is 1.48 bits per heavy atom. The maximum Gasteiger partial charge on any atom is 0.242 e. The van der Waals surface area contributed by atoms with Gasteiger partial charge in [0.15, 0.2) is 5.78 Å². The van der Waals surface area contributed by atoms with Crippen LogP contribution in [0.4, 0.5) is 20.2 Å². The van der Waals surface area contributed by atoms with Crippen LogP contribution in [0.3, 0.4) is 0 Å². The Labute approximate surface area is 303 Å². The summed E-state index contributed by atoms with van der Waals surface area (Å²) in [5, 5.41) is 3.62. The van der Waals surface area contributed by atoms with Crippen LogP contribution in [0.2, 0.25) is 0 Å². The molecule has 7 rings (SSSR count). The van der Waals surface area contributed by atoms with Gasteiger partial charge in [0.1, 0.15) is 23.1 Å². The zero-order valence-corrected chi connectivity index (χ0v) is 30.0. The Bertz CT molecular complexity index is 1940. The number of allylic oxidation sites excluding steroid dienone is 1. The number of ketones is 1. The molecule has 0 aromatic heterocycles. The van der Waals surface area contributed by atoms with Crippen LogP contribution in [0.25, 0.3) is 0 Å². The van der Waals surface area contributed by atoms with Gasteiger partial charge in [0.25, 0.3) is 0 Å². The molecular weight excluding hydrogens is 662 g/mol. The van der Waals surface area contributed by atoms with E-state index in [1.165, 1.54) is 24.3 Å². The van der Waals surface area contributed by atoms with Gasteiger partial charge < -0.3 is 24.6 Å². The molecule has 2 heterocycles. The summed E-state index contributed by atoms with van der Waals surface area (Å²) >= 11 is 0. The number of halogens is 2. The molecule has 1 N–H and O–H groups in total. The molecule has 1 atom stereocenters. The lowest BCUT2D eigenvalue weighted by atomic mass is 9.73. The number of benzene rings is 4. The van der Waals surface area contributed by atoms with Crippen molar-refractivity contribution in [1.82, 2.24) is 9.80 Å². The summed E-state index contributed by atoms with van der Waals surface area (Å²) in [6.45, 7) is 6.24. The number of amides is 1. The predicted molar refractivity (Wildman–Crippen MR) is 198 cm³/mol. The zero-order chi connectivity index (χ0) is 36.6. The maximum absolute atomic E-state index is 14.5. The third kappa shape index (κ3) is 6.99. The van der Waals surface area contributed by atoms with Crippen LogP contribution in [0.15, 0.2) is 102 Å². The Kier molecular flexibility index (Phi) is 9.76. The zero-order valence-electron chi connectivity index (χ0n) is 30.0. The number of Topliss-reactive ketones (excluding diaryl/α,β-unsaturated/α-hetero) is 1. The predicted octanol–water partition coefficient (Wildman–Crippen LogP) is 7.53. The lowest BCUT2D eigenvalue weighted by Crippen LogP contribution is -2.52. The first-order valence-electron chi connectivity index (χ1n) is 17.7. The molecule has 1 fully saturated rings. The fourth-order valence-corrected chi connectivity index (χ4v) is 7.98. The van der Waals surface area contributed by atoms with E-state index in [9.17, 15) is 18.4 Å². The van der Waals surface area contributed by atoms with Crippen molar-refractivity contribution in [2.75, 3.05) is 57.2 Å². The van der Waals surface area contributed by atoms with E-state index < -0.39 is 6.04 Å². The van der Waals surface area contributed by atoms with Crippen molar-refractivity contribution in [3.8, 4) is 11.5 Å². The molecular formula is C42H44F2N4O4. The summed E-state index contributed by atoms with van der Waals surface area (Å²) in [6, 6.07) is 25.3. The molecule has 0 radical (unpaired) electrons. The SMILES string of the molecule is COc1ccc(OC)c(C2C3=C(CC(C)(C)CC3=O)Nc3ccccc3N2CC(=O)N2CCN(C(c3ccc(F)cc3)c3ccc(F)cc3)CC2)c1. The van der Waals surface area contributed by atoms with E-state index in [1.54, 1.807) is 38.5 Å². The number of nitrogens with zero attached hydrogens (tertiary/aromatic N) is 3. The van der Waals surface area contributed by atoms with Gasteiger partial charge in [-0.3, -0.25) is 14.5 Å². The minimum atomic E-state index is -0.633. The van der Waals surface area contributed by atoms with Crippen molar-refractivity contribution in [1.29, 1.82) is 0 Å². The number of piperazine rings is 1. The first-order chi connectivity index (χ1) is 25.0. The highest BCUT2D eigenvalue weighted by Gasteiger charge is 2.43. The number of anilines is 2. The topological polar surface area (TPSA) is 74.3 Å². The molecule has 0 spiro atoms. The van der Waals surface area contributed by atoms with Gasteiger partial charge in [-0.2, -0.15) is 0 Å². The van der Waals surface area contributed by atoms with E-state index in [-0.39, 0.29) is 41.3 Å². The van der Waals surface area contributed by atoms with Gasteiger partial charge in [0.2, 0.25) is 5.91 Å². The first kappa shape index (κ1) is 35.2. The van der Waals surface area contributed by atoms with Crippen LogP contribution in [0.1, 0.15) is 55.5 Å². The van der Waals surface area contributed by atoms with Crippen molar-refractivity contribution in [2.45, 2.75) is 38.8 Å². The fourth-order valence-electron chi connectivity index (χ4n) is 7.98. The lowest BCUT2D eigenvalue weighted by molar-refractivity contribution is -0.131. The van der Waals surface area contributed by atoms with E-state index in [4.69, 9.17) is 9.47 Å². The molecule has 2 aliphatic heterocycles. The lowest BCUT2D eigenvalue weighted by Gasteiger charge is -2.42. The van der Waals surface area contributed by atoms with Crippen LogP contribution in [-0.4, -0.2) is 68.4 Å². The van der Waals surface area contributed by atoms with Crippen LogP contribution in [0, 0.1) is 17.0 Å². The standard InChI is InChI=1S/C42H44F2N4O4/c1-42(2)24-34-39(36(49)25-42)41(32-23-31(51-3)17-18-37(32)52-4)48(35-8-6-5-7-33(35)45-34)26-38(50)46-19-21-47(22-20-46)40(27-9-13-29(43)14-10-27)28-11-15-30(44)16-12-28/h5-18,23,40-41,45H,19-22,24-26H2,1-4H3. The molecule has 8 nitrogen and oxygen atoms in total. The first-order valence-corrected chi connectivity index (χ1v) is 17.7. The molecule has 4 aromatic carbocycles. The second-order valence-electron chi connectivity index (χ2n) is 14.5. The molecule has 270 valence electrons. The van der Waals surface area contributed by atoms with Crippen LogP contribution in [-0.2, 0) is 9.59 Å². The number of para-hydroxylation sites is 2. The molecule has 0 saturated carbocycles. The molecule has 1 saturated heterocycles. The average Bonchev–Trinajstić information content (AvgIpc) is 3.27. The van der Waals surface area contributed by atoms with Crippen molar-refractivity contribution in [2.24, 2.45) is 5.41 Å². The largest absolute Gasteiger partial charge is 0.497 e. The summed E-state index contributed by atoms with van der Waals surface area (Å²) in [7, 11) is 3.21. The summed E-state index contributed by atoms with van der Waals surface area (Å²) < 4.78 is 39.4. The molecule has 1 aliphatic carbocycles. The molecule has 1 amide bonds. The fraction of sp³-hybridized carbons (Fsp3) is 0.333. The molecule has 0 bridgehead atoms. The van der Waals surface area contributed by atoms with Crippen LogP contribution in [0.5, 0.6) is 11.5 Å². The van der Waals surface area contributed by atoms with Gasteiger partial charge >= 0.3 is 0 Å². The number of hydrogen-bond acceptors (Lipinski definition) is 7. The van der Waals surface area contributed by atoms with Gasteiger partial charge in [-0.1, -0.05) is 50.2 Å². The summed E-state index contributed by atoms with van der Waals surface area (Å²) in [6.07, 6.45) is 1.04. The quantitative estimate of drug-likeness (QED) is 0.203. The van der Waals surface area contributed by atoms with E-state index in [2.05, 4.69) is 24.1 Å². The van der Waals surface area contributed by atoms with Gasteiger partial charge in [-0.15, -0.1) is 0 Å². The summed E-state index contributed by atoms with van der Waals surface area (Å²) in [5.74, 6) is 0.510. The van der Waals surface area contributed by atoms with Crippen molar-refractivity contribution < 1.29 is 27.8 Å². The number of rotatable bonds is 8. The highest BCUT2D eigenvalue weighted by molar-refractivity contribution is 6.02. The van der Waals surface area contributed by atoms with E-state index >= 15 is 0 Å². The Hall–Kier alpha value is -5.22. The van der Waals surface area contributed by atoms with Crippen molar-refractivity contribution >= 4 is 23.1 Å². The number of nitrogens with one attached hydrogen (secondary N) is 1. The maximum atomic E-state index is 14.5. The van der Waals surface area contributed by atoms with Crippen molar-refractivity contribution in [3.63, 3.8) is 0 Å². The summed E-state index contributed by atoms with van der Waals surface area (Å²) in [5.41, 5.74) is 5.37. The van der Waals surface area contributed by atoms with Gasteiger partial charge in [-0.25, -0.2) is 8.78 Å². The third-order valence-electron chi connectivity index (χ3n) is 10.4. The van der Waals surface area contributed by atoms with E-state index in [0.717, 1.165) is 33.8 Å². The smallest absolute Gasteiger partial charge is 0.242 e. The molecule has 1 unspecified atom stereocenters. The van der Waals surface area contributed by atoms with E-state index in [1.807, 2.05) is 52.3 Å². The number of hydrogen-bond donors (Lipinski definition) is 1. The van der Waals surface area contributed by atoms with E-state index in [0.29, 0.717) is 56.1 Å². The van der Waals surface area contributed by atoms with Gasteiger partial charge in [-0.05, 0) is 77.6 Å². The minimum Gasteiger partial charge on any atom is -0.497 e. The highest BCUT2D eigenvalue weighted by Crippen LogP contribution is 2.50. The average molecular weight is 707 g/mol. The molecule has 10 heteroatoms. The monoisotopic (exact) mass is 706 g/mol. The number of carbonyl (C=O) groups is 2. The normalized spacial score (nSPS) is 18.8.